The molecule has 2 N–H and O–H groups in total. The summed E-state index contributed by atoms with van der Waals surface area (Å²) >= 11 is 0. The Morgan fingerprint density at radius 2 is 1.90 bits per heavy atom. The maximum atomic E-state index is 5.15. The highest BCUT2D eigenvalue weighted by Gasteiger charge is 2.01. The molecule has 1 aromatic carbocycles. The van der Waals surface area contributed by atoms with E-state index >= 15 is 0 Å². The fraction of sp³-hybridized carbons (Fsp3) is 0.375. The van der Waals surface area contributed by atoms with E-state index in [9.17, 15) is 0 Å². The molecule has 2 rings (SSSR count). The predicted molar refractivity (Wildman–Crippen MR) is 86.0 cm³/mol. The molecule has 1 aromatic heterocycles. The van der Waals surface area contributed by atoms with E-state index in [0.29, 0.717) is 12.0 Å². The first-order valence-corrected chi connectivity index (χ1v) is 7.14. The summed E-state index contributed by atoms with van der Waals surface area (Å²) in [6, 6.07) is 10.3. The Kier molecular flexibility index (Phi) is 5.37. The van der Waals surface area contributed by atoms with Crippen LogP contribution >= 0.6 is 0 Å². The molecule has 0 spiro atoms. The fourth-order valence-electron chi connectivity index (χ4n) is 1.91. The van der Waals surface area contributed by atoms with Gasteiger partial charge >= 0.3 is 0 Å². The first-order valence-electron chi connectivity index (χ1n) is 7.14. The van der Waals surface area contributed by atoms with E-state index in [1.807, 2.05) is 18.2 Å². The molecule has 0 aliphatic rings. The molecule has 2 aromatic rings. The standard InChI is InChI=1S/C16H22N4O/c1-12(2)19-16-18-11-9-15(20-16)17-10-8-13-4-6-14(21-3)7-5-13/h4-7,9,11-12H,8,10H2,1-3H3,(H2,17,18,19,20). The van der Waals surface area contributed by atoms with Crippen LogP contribution in [-0.4, -0.2) is 29.7 Å². The van der Waals surface area contributed by atoms with Crippen molar-refractivity contribution in [3.8, 4) is 5.75 Å². The number of methoxy groups -OCH3 is 1. The third-order valence-corrected chi connectivity index (χ3v) is 2.95. The van der Waals surface area contributed by atoms with Crippen LogP contribution in [0.1, 0.15) is 19.4 Å². The second-order valence-electron chi connectivity index (χ2n) is 5.09. The number of nitrogens with zero attached hydrogens (tertiary/aromatic N) is 2. The lowest BCUT2D eigenvalue weighted by Crippen LogP contribution is -2.14. The lowest BCUT2D eigenvalue weighted by atomic mass is 10.1. The van der Waals surface area contributed by atoms with E-state index in [0.717, 1.165) is 24.5 Å². The molecule has 0 saturated heterocycles. The second kappa shape index (κ2) is 7.47. The van der Waals surface area contributed by atoms with Crippen LogP contribution in [0, 0.1) is 0 Å². The van der Waals surface area contributed by atoms with Crippen LogP contribution in [0.5, 0.6) is 5.75 Å². The molecule has 5 nitrogen and oxygen atoms in total. The Labute approximate surface area is 125 Å². The zero-order valence-electron chi connectivity index (χ0n) is 12.8. The molecule has 0 aliphatic heterocycles. The lowest BCUT2D eigenvalue weighted by Gasteiger charge is -2.10. The van der Waals surface area contributed by atoms with E-state index < -0.39 is 0 Å². The SMILES string of the molecule is COc1ccc(CCNc2ccnc(NC(C)C)n2)cc1. The zero-order chi connectivity index (χ0) is 15.1. The highest BCUT2D eigenvalue weighted by atomic mass is 16.5. The Balaban J connectivity index is 1.85. The van der Waals surface area contributed by atoms with Crippen molar-refractivity contribution < 1.29 is 4.74 Å². The quantitative estimate of drug-likeness (QED) is 0.819. The van der Waals surface area contributed by atoms with Crippen molar-refractivity contribution in [2.24, 2.45) is 0 Å². The monoisotopic (exact) mass is 286 g/mol. The van der Waals surface area contributed by atoms with Crippen molar-refractivity contribution in [2.75, 3.05) is 24.3 Å². The maximum Gasteiger partial charge on any atom is 0.224 e. The lowest BCUT2D eigenvalue weighted by molar-refractivity contribution is 0.414. The first kappa shape index (κ1) is 15.1. The Bertz CT molecular complexity index is 554. The van der Waals surface area contributed by atoms with E-state index in [-0.39, 0.29) is 0 Å². The van der Waals surface area contributed by atoms with Crippen molar-refractivity contribution in [1.29, 1.82) is 0 Å². The molecule has 0 radical (unpaired) electrons. The van der Waals surface area contributed by atoms with Crippen molar-refractivity contribution in [3.05, 3.63) is 42.1 Å². The number of nitrogens with one attached hydrogen (secondary N) is 2. The third kappa shape index (κ3) is 4.95. The van der Waals surface area contributed by atoms with E-state index in [1.54, 1.807) is 13.3 Å². The molecular formula is C16H22N4O. The molecule has 0 aliphatic carbocycles. The molecule has 0 amide bonds. The fourth-order valence-corrected chi connectivity index (χ4v) is 1.91. The summed E-state index contributed by atoms with van der Waals surface area (Å²) in [5, 5.41) is 6.50. The minimum Gasteiger partial charge on any atom is -0.497 e. The van der Waals surface area contributed by atoms with E-state index in [4.69, 9.17) is 4.74 Å². The molecule has 1 heterocycles. The number of hydrogen-bond donors (Lipinski definition) is 2. The minimum absolute atomic E-state index is 0.319. The number of benzene rings is 1. The summed E-state index contributed by atoms with van der Waals surface area (Å²) in [5.41, 5.74) is 1.26. The Morgan fingerprint density at radius 1 is 1.14 bits per heavy atom. The van der Waals surface area contributed by atoms with Gasteiger partial charge in [0.25, 0.3) is 0 Å². The van der Waals surface area contributed by atoms with E-state index in [1.165, 1.54) is 5.56 Å². The van der Waals surface area contributed by atoms with Gasteiger partial charge < -0.3 is 15.4 Å². The van der Waals surface area contributed by atoms with Crippen LogP contribution in [0.2, 0.25) is 0 Å². The number of aromatic nitrogens is 2. The van der Waals surface area contributed by atoms with Gasteiger partial charge in [-0.1, -0.05) is 12.1 Å². The van der Waals surface area contributed by atoms with Crippen molar-refractivity contribution in [3.63, 3.8) is 0 Å². The van der Waals surface area contributed by atoms with Crippen LogP contribution in [0.25, 0.3) is 0 Å². The first-order chi connectivity index (χ1) is 10.2. The van der Waals surface area contributed by atoms with Crippen LogP contribution in [-0.2, 0) is 6.42 Å². The molecule has 0 saturated carbocycles. The average molecular weight is 286 g/mol. The van der Waals surface area contributed by atoms with Gasteiger partial charge in [0.1, 0.15) is 11.6 Å². The maximum absolute atomic E-state index is 5.15. The molecule has 112 valence electrons. The van der Waals surface area contributed by atoms with Crippen LogP contribution in [0.4, 0.5) is 11.8 Å². The third-order valence-electron chi connectivity index (χ3n) is 2.95. The summed E-state index contributed by atoms with van der Waals surface area (Å²) in [7, 11) is 1.68. The van der Waals surface area contributed by atoms with Gasteiger partial charge in [-0.2, -0.15) is 4.98 Å². The van der Waals surface area contributed by atoms with Gasteiger partial charge in [0.2, 0.25) is 5.95 Å². The van der Waals surface area contributed by atoms with E-state index in [2.05, 4.69) is 46.6 Å². The normalized spacial score (nSPS) is 10.5. The zero-order valence-corrected chi connectivity index (χ0v) is 12.8. The largest absolute Gasteiger partial charge is 0.497 e. The molecule has 0 atom stereocenters. The predicted octanol–water partition coefficient (Wildman–Crippen LogP) is 2.96. The van der Waals surface area contributed by atoms with Crippen molar-refractivity contribution in [2.45, 2.75) is 26.3 Å². The van der Waals surface area contributed by atoms with Crippen LogP contribution < -0.4 is 15.4 Å². The van der Waals surface area contributed by atoms with Crippen LogP contribution in [0.3, 0.4) is 0 Å². The summed E-state index contributed by atoms with van der Waals surface area (Å²) in [4.78, 5) is 8.61. The number of anilines is 2. The second-order valence-corrected chi connectivity index (χ2v) is 5.09. The number of ether oxygens (including phenoxy) is 1. The Morgan fingerprint density at radius 3 is 2.57 bits per heavy atom. The molecule has 0 bridgehead atoms. The topological polar surface area (TPSA) is 59.1 Å². The highest BCUT2D eigenvalue weighted by molar-refractivity contribution is 5.40. The molecular weight excluding hydrogens is 264 g/mol. The average Bonchev–Trinajstić information content (AvgIpc) is 2.48. The summed E-state index contributed by atoms with van der Waals surface area (Å²) < 4.78 is 5.15. The van der Waals surface area contributed by atoms with Gasteiger partial charge in [0.05, 0.1) is 7.11 Å². The van der Waals surface area contributed by atoms with Gasteiger partial charge in [-0.05, 0) is 44.0 Å². The molecule has 5 heteroatoms. The van der Waals surface area contributed by atoms with Gasteiger partial charge in [-0.25, -0.2) is 4.98 Å². The van der Waals surface area contributed by atoms with Gasteiger partial charge in [0.15, 0.2) is 0 Å². The van der Waals surface area contributed by atoms with Crippen LogP contribution in [0.15, 0.2) is 36.5 Å². The molecule has 0 unspecified atom stereocenters. The molecule has 0 fully saturated rings. The van der Waals surface area contributed by atoms with Gasteiger partial charge in [0, 0.05) is 18.8 Å². The molecule has 21 heavy (non-hydrogen) atoms. The van der Waals surface area contributed by atoms with Crippen molar-refractivity contribution in [1.82, 2.24) is 9.97 Å². The summed E-state index contributed by atoms with van der Waals surface area (Å²) in [6.07, 6.45) is 2.69. The highest BCUT2D eigenvalue weighted by Crippen LogP contribution is 2.12. The van der Waals surface area contributed by atoms with Gasteiger partial charge in [-0.15, -0.1) is 0 Å². The smallest absolute Gasteiger partial charge is 0.224 e. The minimum atomic E-state index is 0.319. The number of rotatable bonds is 7. The summed E-state index contributed by atoms with van der Waals surface area (Å²) in [6.45, 7) is 4.95. The Hall–Kier alpha value is -2.30. The van der Waals surface area contributed by atoms with Crippen molar-refractivity contribution >= 4 is 11.8 Å². The summed E-state index contributed by atoms with van der Waals surface area (Å²) in [5.74, 6) is 2.37. The number of hydrogen-bond acceptors (Lipinski definition) is 5. The van der Waals surface area contributed by atoms with Gasteiger partial charge in [-0.3, -0.25) is 0 Å².